The van der Waals surface area contributed by atoms with Crippen LogP contribution in [0, 0.1) is 6.92 Å². The molecule has 1 aliphatic rings. The number of aryl methyl sites for hydroxylation is 1. The zero-order valence-corrected chi connectivity index (χ0v) is 17.1. The average molecular weight is 396 g/mol. The van der Waals surface area contributed by atoms with Gasteiger partial charge in [0, 0.05) is 40.7 Å². The number of aromatic amines is 1. The number of nitrogens with one attached hydrogen (secondary N) is 2. The fraction of sp³-hybridized carbons (Fsp3) is 0.348. The molecule has 1 aliphatic heterocycles. The molecule has 5 heteroatoms. The number of carbonyl (C=O) groups is 1. The Labute approximate surface area is 170 Å². The number of amides is 1. The molecule has 0 radical (unpaired) electrons. The Bertz CT molecular complexity index is 993. The van der Waals surface area contributed by atoms with Gasteiger partial charge in [-0.2, -0.15) is 0 Å². The quantitative estimate of drug-likeness (QED) is 0.632. The Morgan fingerprint density at radius 3 is 2.75 bits per heavy atom. The molecule has 1 aromatic heterocycles. The largest absolute Gasteiger partial charge is 0.369 e. The molecular formula is C23H26ClN3O. The summed E-state index contributed by atoms with van der Waals surface area (Å²) < 4.78 is 0. The SMILES string of the molecule is Cc1c(C(=O)NCCc2ccc(N3CCCC3C)cc2)[nH]c2ccc(Cl)cc12. The standard InChI is InChI=1S/C23H26ClN3O/c1-15-4-3-13-27(15)19-8-5-17(6-9-19)11-12-25-23(28)22-16(2)20-14-18(24)7-10-21(20)26-22/h5-10,14-15,26H,3-4,11-13H2,1-2H3,(H,25,28). The number of fused-ring (bicyclic) bond motifs is 1. The van der Waals surface area contributed by atoms with Gasteiger partial charge in [0.15, 0.2) is 0 Å². The fourth-order valence-electron chi connectivity index (χ4n) is 4.11. The molecule has 2 aromatic carbocycles. The van der Waals surface area contributed by atoms with Crippen LogP contribution in [-0.4, -0.2) is 30.0 Å². The first-order valence-corrected chi connectivity index (χ1v) is 10.3. The number of rotatable bonds is 5. The van der Waals surface area contributed by atoms with Crippen molar-refractivity contribution in [1.29, 1.82) is 0 Å². The molecule has 0 spiro atoms. The third-order valence-electron chi connectivity index (χ3n) is 5.77. The van der Waals surface area contributed by atoms with Crippen molar-refractivity contribution >= 4 is 34.1 Å². The lowest BCUT2D eigenvalue weighted by Crippen LogP contribution is -2.27. The van der Waals surface area contributed by atoms with Gasteiger partial charge in [0.05, 0.1) is 0 Å². The lowest BCUT2D eigenvalue weighted by molar-refractivity contribution is 0.0949. The van der Waals surface area contributed by atoms with Crippen LogP contribution < -0.4 is 10.2 Å². The number of H-pyrrole nitrogens is 1. The van der Waals surface area contributed by atoms with E-state index in [-0.39, 0.29) is 5.91 Å². The Morgan fingerprint density at radius 1 is 1.25 bits per heavy atom. The molecule has 1 fully saturated rings. The van der Waals surface area contributed by atoms with E-state index in [2.05, 4.69) is 46.4 Å². The molecule has 0 aliphatic carbocycles. The first-order valence-electron chi connectivity index (χ1n) is 9.94. The Kier molecular flexibility index (Phi) is 5.31. The topological polar surface area (TPSA) is 48.1 Å². The predicted molar refractivity (Wildman–Crippen MR) is 117 cm³/mol. The van der Waals surface area contributed by atoms with Gasteiger partial charge in [0.25, 0.3) is 5.91 Å². The van der Waals surface area contributed by atoms with Gasteiger partial charge in [-0.25, -0.2) is 0 Å². The maximum absolute atomic E-state index is 12.6. The van der Waals surface area contributed by atoms with Gasteiger partial charge in [0.1, 0.15) is 5.69 Å². The highest BCUT2D eigenvalue weighted by Gasteiger charge is 2.20. The number of carbonyl (C=O) groups excluding carboxylic acids is 1. The number of anilines is 1. The molecule has 1 unspecified atom stereocenters. The molecule has 4 nitrogen and oxygen atoms in total. The summed E-state index contributed by atoms with van der Waals surface area (Å²) in [6.45, 7) is 5.98. The van der Waals surface area contributed by atoms with Crippen LogP contribution in [-0.2, 0) is 6.42 Å². The van der Waals surface area contributed by atoms with Crippen LogP contribution in [0.25, 0.3) is 10.9 Å². The summed E-state index contributed by atoms with van der Waals surface area (Å²) in [6, 6.07) is 15.0. The monoisotopic (exact) mass is 395 g/mol. The second kappa shape index (κ2) is 7.88. The van der Waals surface area contributed by atoms with Crippen molar-refractivity contribution in [2.45, 2.75) is 39.2 Å². The van der Waals surface area contributed by atoms with E-state index in [9.17, 15) is 4.79 Å². The molecule has 3 aromatic rings. The molecule has 1 atom stereocenters. The molecule has 1 amide bonds. The Balaban J connectivity index is 1.36. The smallest absolute Gasteiger partial charge is 0.268 e. The third kappa shape index (κ3) is 3.74. The van der Waals surface area contributed by atoms with Crippen LogP contribution in [0.5, 0.6) is 0 Å². The molecule has 0 bridgehead atoms. The first-order chi connectivity index (χ1) is 13.5. The number of nitrogens with zero attached hydrogens (tertiary/aromatic N) is 1. The second-order valence-corrected chi connectivity index (χ2v) is 8.11. The minimum Gasteiger partial charge on any atom is -0.369 e. The number of benzene rings is 2. The maximum Gasteiger partial charge on any atom is 0.268 e. The minimum absolute atomic E-state index is 0.0765. The summed E-state index contributed by atoms with van der Waals surface area (Å²) >= 11 is 6.07. The molecular weight excluding hydrogens is 370 g/mol. The van der Waals surface area contributed by atoms with E-state index in [0.717, 1.165) is 29.4 Å². The number of aromatic nitrogens is 1. The minimum atomic E-state index is -0.0765. The van der Waals surface area contributed by atoms with Crippen molar-refractivity contribution in [1.82, 2.24) is 10.3 Å². The van der Waals surface area contributed by atoms with Crippen molar-refractivity contribution in [2.75, 3.05) is 18.0 Å². The van der Waals surface area contributed by atoms with Crippen LogP contribution in [0.2, 0.25) is 5.02 Å². The molecule has 28 heavy (non-hydrogen) atoms. The Morgan fingerprint density at radius 2 is 2.04 bits per heavy atom. The van der Waals surface area contributed by atoms with Crippen molar-refractivity contribution < 1.29 is 4.79 Å². The lowest BCUT2D eigenvalue weighted by Gasteiger charge is -2.23. The number of halogens is 1. The molecule has 2 heterocycles. The zero-order chi connectivity index (χ0) is 19.7. The second-order valence-electron chi connectivity index (χ2n) is 7.67. The van der Waals surface area contributed by atoms with Crippen LogP contribution in [0.4, 0.5) is 5.69 Å². The van der Waals surface area contributed by atoms with Crippen LogP contribution in [0.15, 0.2) is 42.5 Å². The van der Waals surface area contributed by atoms with E-state index in [0.29, 0.717) is 23.3 Å². The average Bonchev–Trinajstić information content (AvgIpc) is 3.26. The predicted octanol–water partition coefficient (Wildman–Crippen LogP) is 5.09. The van der Waals surface area contributed by atoms with E-state index < -0.39 is 0 Å². The summed E-state index contributed by atoms with van der Waals surface area (Å²) in [5.41, 5.74) is 5.00. The highest BCUT2D eigenvalue weighted by Crippen LogP contribution is 2.26. The van der Waals surface area contributed by atoms with E-state index in [4.69, 9.17) is 11.6 Å². The number of hydrogen-bond acceptors (Lipinski definition) is 2. The van der Waals surface area contributed by atoms with Crippen molar-refractivity contribution in [3.63, 3.8) is 0 Å². The summed E-state index contributed by atoms with van der Waals surface area (Å²) in [6.07, 6.45) is 3.36. The van der Waals surface area contributed by atoms with Gasteiger partial charge < -0.3 is 15.2 Å². The van der Waals surface area contributed by atoms with Gasteiger partial charge in [-0.3, -0.25) is 4.79 Å². The van der Waals surface area contributed by atoms with E-state index in [1.165, 1.54) is 24.1 Å². The van der Waals surface area contributed by atoms with Crippen molar-refractivity contribution in [3.05, 3.63) is 64.3 Å². The van der Waals surface area contributed by atoms with Crippen molar-refractivity contribution in [2.24, 2.45) is 0 Å². The normalized spacial score (nSPS) is 16.7. The van der Waals surface area contributed by atoms with Gasteiger partial charge >= 0.3 is 0 Å². The molecule has 0 saturated carbocycles. The van der Waals surface area contributed by atoms with Gasteiger partial charge in [-0.1, -0.05) is 23.7 Å². The maximum atomic E-state index is 12.6. The lowest BCUT2D eigenvalue weighted by atomic mass is 10.1. The van der Waals surface area contributed by atoms with E-state index in [1.807, 2.05) is 25.1 Å². The van der Waals surface area contributed by atoms with Gasteiger partial charge in [0.2, 0.25) is 0 Å². The summed E-state index contributed by atoms with van der Waals surface area (Å²) in [5, 5.41) is 4.69. The third-order valence-corrected chi connectivity index (χ3v) is 6.00. The summed E-state index contributed by atoms with van der Waals surface area (Å²) in [5.74, 6) is -0.0765. The van der Waals surface area contributed by atoms with Gasteiger partial charge in [-0.15, -0.1) is 0 Å². The molecule has 2 N–H and O–H groups in total. The van der Waals surface area contributed by atoms with Crippen LogP contribution in [0.3, 0.4) is 0 Å². The van der Waals surface area contributed by atoms with E-state index in [1.54, 1.807) is 0 Å². The summed E-state index contributed by atoms with van der Waals surface area (Å²) in [4.78, 5) is 18.3. The van der Waals surface area contributed by atoms with Crippen molar-refractivity contribution in [3.8, 4) is 0 Å². The summed E-state index contributed by atoms with van der Waals surface area (Å²) in [7, 11) is 0. The number of hydrogen-bond donors (Lipinski definition) is 2. The highest BCUT2D eigenvalue weighted by molar-refractivity contribution is 6.31. The molecule has 1 saturated heterocycles. The first kappa shape index (κ1) is 18.9. The molecule has 146 valence electrons. The van der Waals surface area contributed by atoms with E-state index >= 15 is 0 Å². The fourth-order valence-corrected chi connectivity index (χ4v) is 4.28. The molecule has 4 rings (SSSR count). The zero-order valence-electron chi connectivity index (χ0n) is 16.4. The van der Waals surface area contributed by atoms with Crippen LogP contribution >= 0.6 is 11.6 Å². The van der Waals surface area contributed by atoms with Crippen LogP contribution in [0.1, 0.15) is 41.4 Å². The Hall–Kier alpha value is -2.46. The highest BCUT2D eigenvalue weighted by atomic mass is 35.5. The van der Waals surface area contributed by atoms with Gasteiger partial charge in [-0.05, 0) is 74.6 Å².